The van der Waals surface area contributed by atoms with Crippen molar-refractivity contribution >= 4 is 27.3 Å². The molecule has 4 heteroatoms. The first kappa shape index (κ1) is 12.1. The monoisotopic (exact) mass is 298 g/mol. The van der Waals surface area contributed by atoms with Gasteiger partial charge in [-0.3, -0.25) is 0 Å². The van der Waals surface area contributed by atoms with Crippen molar-refractivity contribution in [1.29, 1.82) is 5.26 Å². The van der Waals surface area contributed by atoms with E-state index in [1.54, 1.807) is 11.3 Å². The summed E-state index contributed by atoms with van der Waals surface area (Å²) in [5.74, 6) is 0. The van der Waals surface area contributed by atoms with E-state index in [-0.39, 0.29) is 5.41 Å². The summed E-state index contributed by atoms with van der Waals surface area (Å²) < 4.78 is 1.17. The van der Waals surface area contributed by atoms with E-state index >= 15 is 0 Å². The third kappa shape index (κ3) is 3.07. The summed E-state index contributed by atoms with van der Waals surface area (Å²) >= 11 is 5.26. The van der Waals surface area contributed by atoms with Gasteiger partial charge in [0.15, 0.2) is 0 Å². The molecule has 0 aliphatic heterocycles. The molecule has 2 nitrogen and oxygen atoms in total. The van der Waals surface area contributed by atoms with Gasteiger partial charge in [-0.2, -0.15) is 5.26 Å². The largest absolute Gasteiger partial charge is 0.304 e. The molecule has 86 valence electrons. The lowest BCUT2D eigenvalue weighted by atomic mass is 10.1. The smallest absolute Gasteiger partial charge is 0.0703 e. The summed E-state index contributed by atoms with van der Waals surface area (Å²) in [6.07, 6.45) is 3.24. The maximum Gasteiger partial charge on any atom is 0.0703 e. The van der Waals surface area contributed by atoms with E-state index in [2.05, 4.69) is 45.4 Å². The van der Waals surface area contributed by atoms with Gasteiger partial charge in [-0.15, -0.1) is 11.3 Å². The van der Waals surface area contributed by atoms with Crippen molar-refractivity contribution in [1.82, 2.24) is 4.90 Å². The number of rotatable bonds is 5. The Morgan fingerprint density at radius 2 is 2.38 bits per heavy atom. The third-order valence-electron chi connectivity index (χ3n) is 3.02. The van der Waals surface area contributed by atoms with Crippen LogP contribution in [0.1, 0.15) is 17.7 Å². The minimum absolute atomic E-state index is 0.00914. The van der Waals surface area contributed by atoms with Gasteiger partial charge in [0.05, 0.1) is 11.5 Å². The Labute approximate surface area is 109 Å². The number of hydrogen-bond acceptors (Lipinski definition) is 3. The fraction of sp³-hybridized carbons (Fsp3) is 0.583. The summed E-state index contributed by atoms with van der Waals surface area (Å²) in [5.41, 5.74) is -0.00914. The molecule has 1 aromatic heterocycles. The van der Waals surface area contributed by atoms with Crippen molar-refractivity contribution in [2.45, 2.75) is 19.3 Å². The standard InChI is InChI=1S/C12H15BrN2S/c1-15(9-12(8-14)3-4-12)5-2-11-6-10(13)7-16-11/h6-7H,2-5,9H2,1H3. The van der Waals surface area contributed by atoms with Crippen molar-refractivity contribution in [3.8, 4) is 6.07 Å². The number of thiophene rings is 1. The van der Waals surface area contributed by atoms with E-state index in [0.29, 0.717) is 0 Å². The summed E-state index contributed by atoms with van der Waals surface area (Å²) in [6, 6.07) is 4.62. The van der Waals surface area contributed by atoms with Crippen molar-refractivity contribution in [3.05, 3.63) is 20.8 Å². The quantitative estimate of drug-likeness (QED) is 0.834. The Kier molecular flexibility index (Phi) is 3.68. The predicted molar refractivity (Wildman–Crippen MR) is 70.5 cm³/mol. The van der Waals surface area contributed by atoms with Crippen LogP contribution >= 0.6 is 27.3 Å². The highest BCUT2D eigenvalue weighted by atomic mass is 79.9. The Morgan fingerprint density at radius 3 is 2.88 bits per heavy atom. The van der Waals surface area contributed by atoms with Crippen molar-refractivity contribution in [2.75, 3.05) is 20.1 Å². The fourth-order valence-electron chi connectivity index (χ4n) is 1.84. The Morgan fingerprint density at radius 1 is 1.62 bits per heavy atom. The zero-order chi connectivity index (χ0) is 11.6. The summed E-state index contributed by atoms with van der Waals surface area (Å²) in [7, 11) is 2.11. The molecule has 16 heavy (non-hydrogen) atoms. The number of likely N-dealkylation sites (N-methyl/N-ethyl adjacent to an activating group) is 1. The second kappa shape index (κ2) is 4.87. The molecular formula is C12H15BrN2S. The van der Waals surface area contributed by atoms with Gasteiger partial charge in [0.1, 0.15) is 0 Å². The maximum atomic E-state index is 9.01. The van der Waals surface area contributed by atoms with Crippen molar-refractivity contribution in [2.24, 2.45) is 5.41 Å². The van der Waals surface area contributed by atoms with Gasteiger partial charge in [-0.1, -0.05) is 0 Å². The van der Waals surface area contributed by atoms with Crippen LogP contribution in [-0.4, -0.2) is 25.0 Å². The van der Waals surface area contributed by atoms with E-state index in [1.165, 1.54) is 9.35 Å². The fourth-order valence-corrected chi connectivity index (χ4v) is 3.28. The first-order valence-electron chi connectivity index (χ1n) is 5.46. The SMILES string of the molecule is CN(CCc1cc(Br)cs1)CC1(C#N)CC1. The van der Waals surface area contributed by atoms with Crippen LogP contribution in [0.15, 0.2) is 15.9 Å². The number of halogens is 1. The second-order valence-corrected chi connectivity index (χ2v) is 6.52. The molecule has 0 N–H and O–H groups in total. The van der Waals surface area contributed by atoms with Crippen LogP contribution in [0, 0.1) is 16.7 Å². The van der Waals surface area contributed by atoms with E-state index in [4.69, 9.17) is 5.26 Å². The van der Waals surface area contributed by atoms with Crippen LogP contribution in [0.5, 0.6) is 0 Å². The first-order chi connectivity index (χ1) is 7.63. The minimum Gasteiger partial charge on any atom is -0.304 e. The van der Waals surface area contributed by atoms with E-state index in [0.717, 1.165) is 32.4 Å². The second-order valence-electron chi connectivity index (χ2n) is 4.61. The Balaban J connectivity index is 1.76. The lowest BCUT2D eigenvalue weighted by Gasteiger charge is -2.18. The van der Waals surface area contributed by atoms with E-state index in [1.807, 2.05) is 0 Å². The van der Waals surface area contributed by atoms with E-state index < -0.39 is 0 Å². The first-order valence-corrected chi connectivity index (χ1v) is 7.13. The Hall–Kier alpha value is -0.370. The van der Waals surface area contributed by atoms with Gasteiger partial charge in [0, 0.05) is 27.8 Å². The van der Waals surface area contributed by atoms with Gasteiger partial charge in [0.2, 0.25) is 0 Å². The number of hydrogen-bond donors (Lipinski definition) is 0. The molecule has 1 saturated carbocycles. The van der Waals surface area contributed by atoms with Crippen LogP contribution in [0.25, 0.3) is 0 Å². The molecule has 0 saturated heterocycles. The lowest BCUT2D eigenvalue weighted by Crippen LogP contribution is -2.27. The van der Waals surface area contributed by atoms with Crippen LogP contribution in [-0.2, 0) is 6.42 Å². The topological polar surface area (TPSA) is 27.0 Å². The number of nitriles is 1. The summed E-state index contributed by atoms with van der Waals surface area (Å²) in [5, 5.41) is 11.1. The molecule has 1 aliphatic rings. The Bertz CT molecular complexity index is 403. The molecule has 1 fully saturated rings. The molecule has 0 bridgehead atoms. The van der Waals surface area contributed by atoms with Crippen LogP contribution in [0.3, 0.4) is 0 Å². The minimum atomic E-state index is -0.00914. The van der Waals surface area contributed by atoms with E-state index in [9.17, 15) is 0 Å². The van der Waals surface area contributed by atoms with Gasteiger partial charge in [-0.25, -0.2) is 0 Å². The molecule has 2 rings (SSSR count). The van der Waals surface area contributed by atoms with Crippen LogP contribution < -0.4 is 0 Å². The molecule has 1 aromatic rings. The zero-order valence-corrected chi connectivity index (χ0v) is 11.8. The number of nitrogens with zero attached hydrogens (tertiary/aromatic N) is 2. The molecule has 1 heterocycles. The molecule has 0 spiro atoms. The zero-order valence-electron chi connectivity index (χ0n) is 9.37. The molecule has 0 aromatic carbocycles. The highest BCUT2D eigenvalue weighted by molar-refractivity contribution is 9.10. The van der Waals surface area contributed by atoms with Crippen molar-refractivity contribution < 1.29 is 0 Å². The summed E-state index contributed by atoms with van der Waals surface area (Å²) in [4.78, 5) is 3.68. The highest BCUT2D eigenvalue weighted by Crippen LogP contribution is 2.45. The normalized spacial score (nSPS) is 17.4. The summed E-state index contributed by atoms with van der Waals surface area (Å²) in [6.45, 7) is 1.96. The molecule has 0 radical (unpaired) electrons. The van der Waals surface area contributed by atoms with Crippen LogP contribution in [0.2, 0.25) is 0 Å². The molecular weight excluding hydrogens is 284 g/mol. The van der Waals surface area contributed by atoms with Crippen LogP contribution in [0.4, 0.5) is 0 Å². The average Bonchev–Trinajstić information content (AvgIpc) is 2.91. The molecule has 0 amide bonds. The lowest BCUT2D eigenvalue weighted by molar-refractivity contribution is 0.298. The van der Waals surface area contributed by atoms with Gasteiger partial charge in [0.25, 0.3) is 0 Å². The predicted octanol–water partition coefficient (Wildman–Crippen LogP) is 3.29. The molecule has 0 unspecified atom stereocenters. The molecule has 1 aliphatic carbocycles. The van der Waals surface area contributed by atoms with Gasteiger partial charge < -0.3 is 4.90 Å². The highest BCUT2D eigenvalue weighted by Gasteiger charge is 2.43. The maximum absolute atomic E-state index is 9.01. The third-order valence-corrected chi connectivity index (χ3v) is 4.78. The van der Waals surface area contributed by atoms with Crippen molar-refractivity contribution in [3.63, 3.8) is 0 Å². The van der Waals surface area contributed by atoms with Gasteiger partial charge in [-0.05, 0) is 48.3 Å². The average molecular weight is 299 g/mol. The van der Waals surface area contributed by atoms with Gasteiger partial charge >= 0.3 is 0 Å². The molecule has 0 atom stereocenters.